The molecule has 1 aliphatic rings. The van der Waals surface area contributed by atoms with Crippen LogP contribution in [0.3, 0.4) is 0 Å². The molecule has 1 unspecified atom stereocenters. The molecule has 12 heteroatoms. The van der Waals surface area contributed by atoms with Crippen molar-refractivity contribution in [1.29, 1.82) is 0 Å². The van der Waals surface area contributed by atoms with Crippen molar-refractivity contribution < 1.29 is 26.4 Å². The Balaban J connectivity index is 1.30. The molecule has 1 aliphatic heterocycles. The van der Waals surface area contributed by atoms with Gasteiger partial charge in [-0.2, -0.15) is 13.2 Å². The molecule has 1 aromatic heterocycles. The SMILES string of the molecule is C=CS(=O)(=O)NCC1CCN(C(=O)c2ccc(Cn3cc(Cc4ccc(C(F)(F)F)cc4)nn3)cc2)C1. The Bertz CT molecular complexity index is 1350. The third-order valence-electron chi connectivity index (χ3n) is 6.16. The molecule has 4 rings (SSSR count). The first-order chi connectivity index (χ1) is 17.5. The van der Waals surface area contributed by atoms with Crippen LogP contribution in [0.1, 0.15) is 39.2 Å². The monoisotopic (exact) mass is 533 g/mol. The van der Waals surface area contributed by atoms with E-state index in [2.05, 4.69) is 21.6 Å². The summed E-state index contributed by atoms with van der Waals surface area (Å²) < 4.78 is 65.3. The van der Waals surface area contributed by atoms with Gasteiger partial charge in [-0.05, 0) is 47.7 Å². The van der Waals surface area contributed by atoms with Crippen LogP contribution in [0.5, 0.6) is 0 Å². The van der Waals surface area contributed by atoms with Gasteiger partial charge in [0, 0.05) is 43.2 Å². The fourth-order valence-corrected chi connectivity index (χ4v) is 4.70. The average molecular weight is 534 g/mol. The Kier molecular flexibility index (Phi) is 7.79. The number of sulfonamides is 1. The summed E-state index contributed by atoms with van der Waals surface area (Å²) in [7, 11) is -3.49. The maximum Gasteiger partial charge on any atom is 0.416 e. The second-order valence-electron chi connectivity index (χ2n) is 8.94. The van der Waals surface area contributed by atoms with Crippen molar-refractivity contribution in [3.8, 4) is 0 Å². The summed E-state index contributed by atoms with van der Waals surface area (Å²) in [5, 5.41) is 9.06. The largest absolute Gasteiger partial charge is 0.416 e. The fraction of sp³-hybridized carbons (Fsp3) is 0.320. The Morgan fingerprint density at radius 1 is 1.11 bits per heavy atom. The number of aromatic nitrogens is 3. The lowest BCUT2D eigenvalue weighted by Crippen LogP contribution is -2.32. The topological polar surface area (TPSA) is 97.2 Å². The van der Waals surface area contributed by atoms with Crippen molar-refractivity contribution in [2.75, 3.05) is 19.6 Å². The van der Waals surface area contributed by atoms with Gasteiger partial charge in [0.1, 0.15) is 0 Å². The third-order valence-corrected chi connectivity index (χ3v) is 7.17. The van der Waals surface area contributed by atoms with Crippen molar-refractivity contribution in [2.45, 2.75) is 25.6 Å². The summed E-state index contributed by atoms with van der Waals surface area (Å²) >= 11 is 0. The second-order valence-corrected chi connectivity index (χ2v) is 10.7. The van der Waals surface area contributed by atoms with Gasteiger partial charge in [-0.1, -0.05) is 36.1 Å². The van der Waals surface area contributed by atoms with Gasteiger partial charge in [-0.25, -0.2) is 17.8 Å². The van der Waals surface area contributed by atoms with Gasteiger partial charge in [0.05, 0.1) is 17.8 Å². The maximum absolute atomic E-state index is 12.9. The summed E-state index contributed by atoms with van der Waals surface area (Å²) in [6, 6.07) is 12.1. The molecule has 1 fully saturated rings. The molecule has 1 N–H and O–H groups in total. The molecule has 2 heterocycles. The molecule has 1 atom stereocenters. The number of nitrogens with one attached hydrogen (secondary N) is 1. The van der Waals surface area contributed by atoms with Gasteiger partial charge < -0.3 is 4.90 Å². The highest BCUT2D eigenvalue weighted by Crippen LogP contribution is 2.29. The second kappa shape index (κ2) is 10.9. The van der Waals surface area contributed by atoms with E-state index in [0.717, 1.165) is 23.1 Å². The highest BCUT2D eigenvalue weighted by molar-refractivity contribution is 7.92. The molecule has 1 saturated heterocycles. The first kappa shape index (κ1) is 26.6. The summed E-state index contributed by atoms with van der Waals surface area (Å²) in [5.41, 5.74) is 2.08. The maximum atomic E-state index is 12.9. The average Bonchev–Trinajstić information content (AvgIpc) is 3.52. The molecular formula is C25H26F3N5O3S. The standard InChI is InChI=1S/C25H26F3N5O3S/c1-2-37(35,36)29-14-20-11-12-32(15-20)24(34)21-7-3-19(4-8-21)16-33-17-23(30-31-33)13-18-5-9-22(10-6-18)25(26,27)28/h2-10,17,20,29H,1,11-16H2. The highest BCUT2D eigenvalue weighted by atomic mass is 32.2. The number of likely N-dealkylation sites (tertiary alicyclic amines) is 1. The number of carbonyl (C=O) groups excluding carboxylic acids is 1. The van der Waals surface area contributed by atoms with E-state index in [1.54, 1.807) is 27.9 Å². The van der Waals surface area contributed by atoms with Crippen molar-refractivity contribution in [1.82, 2.24) is 24.6 Å². The van der Waals surface area contributed by atoms with E-state index in [0.29, 0.717) is 49.3 Å². The van der Waals surface area contributed by atoms with Crippen LogP contribution in [0.2, 0.25) is 0 Å². The quantitative estimate of drug-likeness (QED) is 0.455. The van der Waals surface area contributed by atoms with E-state index in [9.17, 15) is 26.4 Å². The predicted molar refractivity (Wildman–Crippen MR) is 131 cm³/mol. The lowest BCUT2D eigenvalue weighted by Gasteiger charge is -2.17. The number of alkyl halides is 3. The Labute approximate surface area is 212 Å². The molecule has 0 aliphatic carbocycles. The first-order valence-electron chi connectivity index (χ1n) is 11.6. The van der Waals surface area contributed by atoms with E-state index in [-0.39, 0.29) is 18.4 Å². The van der Waals surface area contributed by atoms with E-state index < -0.39 is 21.8 Å². The van der Waals surface area contributed by atoms with Gasteiger partial charge >= 0.3 is 6.18 Å². The van der Waals surface area contributed by atoms with Crippen LogP contribution in [0.25, 0.3) is 0 Å². The highest BCUT2D eigenvalue weighted by Gasteiger charge is 2.30. The summed E-state index contributed by atoms with van der Waals surface area (Å²) in [6.07, 6.45) is -1.56. The van der Waals surface area contributed by atoms with Gasteiger partial charge in [0.15, 0.2) is 0 Å². The van der Waals surface area contributed by atoms with Crippen LogP contribution in [0.15, 0.2) is 66.7 Å². The molecule has 37 heavy (non-hydrogen) atoms. The molecule has 8 nitrogen and oxygen atoms in total. The zero-order valence-electron chi connectivity index (χ0n) is 19.9. The van der Waals surface area contributed by atoms with Crippen molar-refractivity contribution in [3.63, 3.8) is 0 Å². The van der Waals surface area contributed by atoms with Crippen LogP contribution >= 0.6 is 0 Å². The molecule has 0 radical (unpaired) electrons. The van der Waals surface area contributed by atoms with Crippen LogP contribution in [-0.4, -0.2) is 53.9 Å². The number of benzene rings is 2. The Morgan fingerprint density at radius 3 is 2.43 bits per heavy atom. The number of rotatable bonds is 9. The van der Waals surface area contributed by atoms with Gasteiger partial charge in [0.2, 0.25) is 10.0 Å². The van der Waals surface area contributed by atoms with Gasteiger partial charge in [0.25, 0.3) is 5.91 Å². The molecule has 3 aromatic rings. The molecule has 196 valence electrons. The van der Waals surface area contributed by atoms with E-state index in [1.807, 2.05) is 12.1 Å². The molecule has 0 saturated carbocycles. The molecule has 2 aromatic carbocycles. The number of halogens is 3. The van der Waals surface area contributed by atoms with E-state index in [4.69, 9.17) is 0 Å². The first-order valence-corrected chi connectivity index (χ1v) is 13.1. The van der Waals surface area contributed by atoms with E-state index in [1.165, 1.54) is 12.1 Å². The minimum absolute atomic E-state index is 0.0436. The third kappa shape index (κ3) is 7.04. The number of amides is 1. The number of hydrogen-bond donors (Lipinski definition) is 1. The smallest absolute Gasteiger partial charge is 0.338 e. The lowest BCUT2D eigenvalue weighted by atomic mass is 10.1. The molecule has 0 spiro atoms. The fourth-order valence-electron chi connectivity index (χ4n) is 4.12. The Morgan fingerprint density at radius 2 is 1.78 bits per heavy atom. The van der Waals surface area contributed by atoms with Crippen molar-refractivity contribution >= 4 is 15.9 Å². The number of hydrogen-bond acceptors (Lipinski definition) is 5. The Hall–Kier alpha value is -3.51. The van der Waals surface area contributed by atoms with Crippen LogP contribution in [0, 0.1) is 5.92 Å². The minimum Gasteiger partial charge on any atom is -0.338 e. The summed E-state index contributed by atoms with van der Waals surface area (Å²) in [6.45, 7) is 4.98. The molecule has 0 bridgehead atoms. The van der Waals surface area contributed by atoms with Crippen LogP contribution in [-0.2, 0) is 29.2 Å². The predicted octanol–water partition coefficient (Wildman–Crippen LogP) is 3.46. The van der Waals surface area contributed by atoms with Crippen molar-refractivity contribution in [2.24, 2.45) is 5.92 Å². The zero-order valence-corrected chi connectivity index (χ0v) is 20.7. The zero-order chi connectivity index (χ0) is 26.6. The lowest BCUT2D eigenvalue weighted by molar-refractivity contribution is -0.137. The molecular weight excluding hydrogens is 507 g/mol. The van der Waals surface area contributed by atoms with Crippen LogP contribution < -0.4 is 4.72 Å². The number of nitrogens with zero attached hydrogens (tertiary/aromatic N) is 4. The normalized spacial score (nSPS) is 16.2. The van der Waals surface area contributed by atoms with Crippen molar-refractivity contribution in [3.05, 3.63) is 94.7 Å². The number of carbonyl (C=O) groups is 1. The molecule has 1 amide bonds. The van der Waals surface area contributed by atoms with Crippen LogP contribution in [0.4, 0.5) is 13.2 Å². The van der Waals surface area contributed by atoms with Gasteiger partial charge in [-0.15, -0.1) is 5.10 Å². The minimum atomic E-state index is -4.37. The summed E-state index contributed by atoms with van der Waals surface area (Å²) in [4.78, 5) is 14.6. The van der Waals surface area contributed by atoms with Gasteiger partial charge in [-0.3, -0.25) is 4.79 Å². The van der Waals surface area contributed by atoms with E-state index >= 15 is 0 Å². The summed E-state index contributed by atoms with van der Waals surface area (Å²) in [5.74, 6) is -0.0674.